The molecule has 3 nitrogen and oxygen atoms in total. The molecule has 4 heteroatoms. The highest BCUT2D eigenvalue weighted by Crippen LogP contribution is 2.31. The highest BCUT2D eigenvalue weighted by atomic mass is 32.2. The monoisotopic (exact) mass is 292 g/mol. The fourth-order valence-corrected chi connectivity index (χ4v) is 3.60. The zero-order valence-electron chi connectivity index (χ0n) is 11.8. The number of carbonyl (C=O) groups excluding carboxylic acids is 2. The van der Waals surface area contributed by atoms with Gasteiger partial charge in [-0.05, 0) is 30.9 Å². The van der Waals surface area contributed by atoms with Crippen LogP contribution in [0.5, 0.6) is 0 Å². The summed E-state index contributed by atoms with van der Waals surface area (Å²) in [6.07, 6.45) is 2.77. The Bertz CT molecular complexity index is 484. The van der Waals surface area contributed by atoms with Crippen LogP contribution in [0.15, 0.2) is 29.2 Å². The van der Waals surface area contributed by atoms with Gasteiger partial charge in [0, 0.05) is 23.5 Å². The molecule has 0 aromatic heterocycles. The third-order valence-electron chi connectivity index (χ3n) is 3.44. The molecule has 0 saturated heterocycles. The molecule has 0 radical (unpaired) electrons. The Morgan fingerprint density at radius 3 is 2.90 bits per heavy atom. The van der Waals surface area contributed by atoms with Crippen molar-refractivity contribution in [3.8, 4) is 0 Å². The first kappa shape index (κ1) is 15.1. The van der Waals surface area contributed by atoms with E-state index < -0.39 is 0 Å². The van der Waals surface area contributed by atoms with Gasteiger partial charge in [-0.25, -0.2) is 0 Å². The van der Waals surface area contributed by atoms with Gasteiger partial charge >= 0.3 is 5.97 Å². The molecule has 0 amide bonds. The molecule has 0 N–H and O–H groups in total. The van der Waals surface area contributed by atoms with Crippen molar-refractivity contribution in [1.29, 1.82) is 0 Å². The van der Waals surface area contributed by atoms with Gasteiger partial charge in [0.1, 0.15) is 5.78 Å². The van der Waals surface area contributed by atoms with Gasteiger partial charge in [0.05, 0.1) is 13.0 Å². The molecule has 1 aliphatic rings. The SMILES string of the molecule is CCOC(=O)Cc1ccccc1SCC1CCC(=O)C1. The third-order valence-corrected chi connectivity index (χ3v) is 4.78. The molecule has 1 aromatic carbocycles. The van der Waals surface area contributed by atoms with Crippen LogP contribution < -0.4 is 0 Å². The molecule has 108 valence electrons. The van der Waals surface area contributed by atoms with Gasteiger partial charge in [-0.15, -0.1) is 11.8 Å². The maximum absolute atomic E-state index is 11.6. The molecule has 20 heavy (non-hydrogen) atoms. The van der Waals surface area contributed by atoms with Gasteiger partial charge in [-0.1, -0.05) is 18.2 Å². The lowest BCUT2D eigenvalue weighted by molar-refractivity contribution is -0.142. The zero-order valence-corrected chi connectivity index (χ0v) is 12.6. The molecule has 1 atom stereocenters. The smallest absolute Gasteiger partial charge is 0.310 e. The zero-order chi connectivity index (χ0) is 14.4. The average molecular weight is 292 g/mol. The molecule has 1 saturated carbocycles. The number of ketones is 1. The molecule has 1 aromatic rings. The standard InChI is InChI=1S/C16H20O3S/c1-2-19-16(18)10-13-5-3-4-6-15(13)20-11-12-7-8-14(17)9-12/h3-6,12H,2,7-11H2,1H3. The second-order valence-electron chi connectivity index (χ2n) is 5.05. The first-order valence-corrected chi connectivity index (χ1v) is 8.05. The normalized spacial score (nSPS) is 18.2. The van der Waals surface area contributed by atoms with E-state index in [1.165, 1.54) is 0 Å². The van der Waals surface area contributed by atoms with E-state index in [1.807, 2.05) is 31.2 Å². The summed E-state index contributed by atoms with van der Waals surface area (Å²) < 4.78 is 5.00. The van der Waals surface area contributed by atoms with E-state index in [0.717, 1.165) is 29.1 Å². The van der Waals surface area contributed by atoms with Gasteiger partial charge < -0.3 is 4.74 Å². The molecule has 0 aliphatic heterocycles. The van der Waals surface area contributed by atoms with Crippen molar-refractivity contribution in [3.05, 3.63) is 29.8 Å². The van der Waals surface area contributed by atoms with E-state index in [4.69, 9.17) is 4.74 Å². The van der Waals surface area contributed by atoms with Crippen molar-refractivity contribution in [3.63, 3.8) is 0 Å². The summed E-state index contributed by atoms with van der Waals surface area (Å²) in [5, 5.41) is 0. The van der Waals surface area contributed by atoms with Crippen LogP contribution in [0.2, 0.25) is 0 Å². The van der Waals surface area contributed by atoms with E-state index in [9.17, 15) is 9.59 Å². The summed E-state index contributed by atoms with van der Waals surface area (Å²) in [6.45, 7) is 2.23. The van der Waals surface area contributed by atoms with Crippen molar-refractivity contribution in [2.24, 2.45) is 5.92 Å². The Kier molecular flexibility index (Phi) is 5.65. The maximum Gasteiger partial charge on any atom is 0.310 e. The van der Waals surface area contributed by atoms with Crippen LogP contribution in [0.4, 0.5) is 0 Å². The largest absolute Gasteiger partial charge is 0.466 e. The molecular weight excluding hydrogens is 272 g/mol. The highest BCUT2D eigenvalue weighted by Gasteiger charge is 2.22. The fourth-order valence-electron chi connectivity index (χ4n) is 2.40. The van der Waals surface area contributed by atoms with E-state index in [2.05, 4.69) is 0 Å². The number of ether oxygens (including phenoxy) is 1. The Morgan fingerprint density at radius 2 is 2.20 bits per heavy atom. The Hall–Kier alpha value is -1.29. The topological polar surface area (TPSA) is 43.4 Å². The van der Waals surface area contributed by atoms with Crippen molar-refractivity contribution in [2.75, 3.05) is 12.4 Å². The highest BCUT2D eigenvalue weighted by molar-refractivity contribution is 7.99. The predicted octanol–water partition coefficient (Wildman–Crippen LogP) is 3.25. The number of benzene rings is 1. The van der Waals surface area contributed by atoms with Crippen LogP contribution in [-0.2, 0) is 20.7 Å². The summed E-state index contributed by atoms with van der Waals surface area (Å²) >= 11 is 1.75. The van der Waals surface area contributed by atoms with Gasteiger partial charge in [0.15, 0.2) is 0 Å². The Labute approximate surface area is 124 Å². The predicted molar refractivity (Wildman–Crippen MR) is 79.9 cm³/mol. The second kappa shape index (κ2) is 7.48. The number of thioether (sulfide) groups is 1. The lowest BCUT2D eigenvalue weighted by Gasteiger charge is -2.11. The Morgan fingerprint density at radius 1 is 1.40 bits per heavy atom. The fraction of sp³-hybridized carbons (Fsp3) is 0.500. The quantitative estimate of drug-likeness (QED) is 0.596. The van der Waals surface area contributed by atoms with Crippen LogP contribution in [0.1, 0.15) is 31.7 Å². The number of rotatable bonds is 6. The summed E-state index contributed by atoms with van der Waals surface area (Å²) in [4.78, 5) is 24.0. The molecule has 1 fully saturated rings. The first-order valence-electron chi connectivity index (χ1n) is 7.07. The molecule has 2 rings (SSSR count). The first-order chi connectivity index (χ1) is 9.69. The van der Waals surface area contributed by atoms with Crippen molar-refractivity contribution >= 4 is 23.5 Å². The van der Waals surface area contributed by atoms with Gasteiger partial charge in [-0.3, -0.25) is 9.59 Å². The van der Waals surface area contributed by atoms with E-state index >= 15 is 0 Å². The summed E-state index contributed by atoms with van der Waals surface area (Å²) in [5.74, 6) is 1.64. The third kappa shape index (κ3) is 4.37. The molecular formula is C16H20O3S. The minimum Gasteiger partial charge on any atom is -0.466 e. The van der Waals surface area contributed by atoms with Crippen molar-refractivity contribution in [2.45, 2.75) is 37.5 Å². The molecule has 0 heterocycles. The number of Topliss-reactive ketones (excluding diaryl/α,β-unsaturated/α-hetero) is 1. The summed E-state index contributed by atoms with van der Waals surface area (Å²) in [6, 6.07) is 7.93. The molecule has 0 spiro atoms. The second-order valence-corrected chi connectivity index (χ2v) is 6.11. The van der Waals surface area contributed by atoms with Gasteiger partial charge in [-0.2, -0.15) is 0 Å². The lowest BCUT2D eigenvalue weighted by atomic mass is 10.1. The van der Waals surface area contributed by atoms with Gasteiger partial charge in [0.25, 0.3) is 0 Å². The number of hydrogen-bond donors (Lipinski definition) is 0. The number of hydrogen-bond acceptors (Lipinski definition) is 4. The lowest BCUT2D eigenvalue weighted by Crippen LogP contribution is -2.08. The minimum atomic E-state index is -0.184. The number of esters is 1. The van der Waals surface area contributed by atoms with E-state index in [-0.39, 0.29) is 5.97 Å². The van der Waals surface area contributed by atoms with E-state index in [0.29, 0.717) is 31.1 Å². The van der Waals surface area contributed by atoms with Crippen molar-refractivity contribution in [1.82, 2.24) is 0 Å². The maximum atomic E-state index is 11.6. The Balaban J connectivity index is 1.93. The van der Waals surface area contributed by atoms with Crippen LogP contribution in [0, 0.1) is 5.92 Å². The number of carbonyl (C=O) groups is 2. The van der Waals surface area contributed by atoms with Crippen molar-refractivity contribution < 1.29 is 14.3 Å². The van der Waals surface area contributed by atoms with Crippen LogP contribution >= 0.6 is 11.8 Å². The van der Waals surface area contributed by atoms with E-state index in [1.54, 1.807) is 11.8 Å². The molecule has 0 bridgehead atoms. The molecule has 1 aliphatic carbocycles. The van der Waals surface area contributed by atoms with Crippen LogP contribution in [0.25, 0.3) is 0 Å². The average Bonchev–Trinajstić information content (AvgIpc) is 2.84. The minimum absolute atomic E-state index is 0.184. The summed E-state index contributed by atoms with van der Waals surface area (Å²) in [7, 11) is 0. The van der Waals surface area contributed by atoms with Crippen LogP contribution in [0.3, 0.4) is 0 Å². The van der Waals surface area contributed by atoms with Gasteiger partial charge in [0.2, 0.25) is 0 Å². The van der Waals surface area contributed by atoms with Crippen LogP contribution in [-0.4, -0.2) is 24.1 Å². The summed E-state index contributed by atoms with van der Waals surface area (Å²) in [5.41, 5.74) is 1.01. The molecule has 1 unspecified atom stereocenters.